The molecule has 1 aliphatic rings. The lowest BCUT2D eigenvalue weighted by molar-refractivity contribution is 0.657. The molecule has 0 saturated heterocycles. The van der Waals surface area contributed by atoms with Crippen LogP contribution in [0.4, 0.5) is 11.5 Å². The van der Waals surface area contributed by atoms with Gasteiger partial charge in [0.05, 0.1) is 0 Å². The van der Waals surface area contributed by atoms with E-state index in [2.05, 4.69) is 29.3 Å². The lowest BCUT2D eigenvalue weighted by atomic mass is 10.2. The maximum Gasteiger partial charge on any atom is 0.332 e. The van der Waals surface area contributed by atoms with Crippen molar-refractivity contribution in [3.8, 4) is 6.07 Å². The van der Waals surface area contributed by atoms with Gasteiger partial charge in [0.25, 0.3) is 5.56 Å². The molecule has 0 amide bonds. The van der Waals surface area contributed by atoms with E-state index in [1.165, 1.54) is 22.9 Å². The number of rotatable bonds is 4. The van der Waals surface area contributed by atoms with Crippen LogP contribution >= 0.6 is 0 Å². The second kappa shape index (κ2) is 6.48. The average Bonchev–Trinajstić information content (AvgIpc) is 3.05. The van der Waals surface area contributed by atoms with Gasteiger partial charge in [-0.25, -0.2) is 4.79 Å². The third-order valence-electron chi connectivity index (χ3n) is 4.80. The Bertz CT molecular complexity index is 967. The molecule has 0 saturated carbocycles. The molecule has 0 spiro atoms. The van der Waals surface area contributed by atoms with Crippen LogP contribution in [0, 0.1) is 11.3 Å². The zero-order valence-electron chi connectivity index (χ0n) is 14.6. The number of aromatic nitrogens is 2. The standard InChI is InChI=1S/C18H21N5O2/c1-12(23-9-8-13-6-4-5-7-15(13)23)11-20-16-14(10-19)17(24)22(3)18(25)21(16)2/h4-7,12,20H,8-9,11H2,1-3H3. The summed E-state index contributed by atoms with van der Waals surface area (Å²) in [6.45, 7) is 3.53. The van der Waals surface area contributed by atoms with Crippen LogP contribution in [-0.2, 0) is 20.5 Å². The third kappa shape index (κ3) is 2.80. The molecule has 25 heavy (non-hydrogen) atoms. The van der Waals surface area contributed by atoms with Crippen LogP contribution in [0.25, 0.3) is 0 Å². The SMILES string of the molecule is CC(CNc1c(C#N)c(=O)n(C)c(=O)n1C)N1CCc2ccccc21. The minimum atomic E-state index is -0.577. The van der Waals surface area contributed by atoms with Gasteiger partial charge >= 0.3 is 5.69 Å². The Morgan fingerprint density at radius 2 is 1.96 bits per heavy atom. The number of nitriles is 1. The number of anilines is 2. The molecular weight excluding hydrogens is 318 g/mol. The van der Waals surface area contributed by atoms with E-state index in [4.69, 9.17) is 0 Å². The summed E-state index contributed by atoms with van der Waals surface area (Å²) in [5, 5.41) is 12.5. The molecule has 2 aromatic rings. The van der Waals surface area contributed by atoms with Crippen molar-refractivity contribution >= 4 is 11.5 Å². The van der Waals surface area contributed by atoms with Crippen LogP contribution < -0.4 is 21.5 Å². The molecule has 7 heteroatoms. The van der Waals surface area contributed by atoms with Gasteiger partial charge < -0.3 is 10.2 Å². The third-order valence-corrected chi connectivity index (χ3v) is 4.80. The van der Waals surface area contributed by atoms with Crippen molar-refractivity contribution in [3.05, 3.63) is 56.2 Å². The van der Waals surface area contributed by atoms with Gasteiger partial charge in [0.1, 0.15) is 11.9 Å². The van der Waals surface area contributed by atoms with Gasteiger partial charge in [-0.2, -0.15) is 5.26 Å². The summed E-state index contributed by atoms with van der Waals surface area (Å²) >= 11 is 0. The number of benzene rings is 1. The molecule has 1 N–H and O–H groups in total. The number of nitrogens with zero attached hydrogens (tertiary/aromatic N) is 4. The normalized spacial score (nSPS) is 14.1. The molecule has 1 aromatic carbocycles. The van der Waals surface area contributed by atoms with Gasteiger partial charge in [-0.1, -0.05) is 18.2 Å². The van der Waals surface area contributed by atoms with Crippen LogP contribution in [0.15, 0.2) is 33.9 Å². The van der Waals surface area contributed by atoms with Gasteiger partial charge in [0, 0.05) is 38.9 Å². The van der Waals surface area contributed by atoms with Gasteiger partial charge in [-0.15, -0.1) is 0 Å². The Kier molecular flexibility index (Phi) is 4.36. The molecule has 1 unspecified atom stereocenters. The van der Waals surface area contributed by atoms with Gasteiger partial charge in [0.15, 0.2) is 5.56 Å². The van der Waals surface area contributed by atoms with Crippen molar-refractivity contribution in [1.82, 2.24) is 9.13 Å². The van der Waals surface area contributed by atoms with E-state index in [1.807, 2.05) is 18.2 Å². The lowest BCUT2D eigenvalue weighted by Gasteiger charge is -2.28. The summed E-state index contributed by atoms with van der Waals surface area (Å²) in [6.07, 6.45) is 1.01. The highest BCUT2D eigenvalue weighted by atomic mass is 16.2. The molecule has 0 aliphatic carbocycles. The van der Waals surface area contributed by atoms with Crippen LogP contribution in [0.2, 0.25) is 0 Å². The molecule has 7 nitrogen and oxygen atoms in total. The Morgan fingerprint density at radius 3 is 2.68 bits per heavy atom. The zero-order valence-corrected chi connectivity index (χ0v) is 14.6. The molecule has 130 valence electrons. The molecule has 0 bridgehead atoms. The number of hydrogen-bond acceptors (Lipinski definition) is 5. The second-order valence-corrected chi connectivity index (χ2v) is 6.34. The minimum absolute atomic E-state index is 0.0429. The predicted octanol–water partition coefficient (Wildman–Crippen LogP) is 0.819. The first-order chi connectivity index (χ1) is 12.0. The Labute approximate surface area is 145 Å². The highest BCUT2D eigenvalue weighted by Gasteiger charge is 2.23. The summed E-state index contributed by atoms with van der Waals surface area (Å²) in [4.78, 5) is 26.5. The van der Waals surface area contributed by atoms with Gasteiger partial charge in [-0.3, -0.25) is 13.9 Å². The molecule has 1 aliphatic heterocycles. The van der Waals surface area contributed by atoms with E-state index < -0.39 is 11.2 Å². The number of nitrogens with one attached hydrogen (secondary N) is 1. The lowest BCUT2D eigenvalue weighted by Crippen LogP contribution is -2.42. The molecular formula is C18H21N5O2. The van der Waals surface area contributed by atoms with Crippen LogP contribution in [0.3, 0.4) is 0 Å². The molecule has 0 fully saturated rings. The molecule has 3 rings (SSSR count). The molecule has 2 heterocycles. The van der Waals surface area contributed by atoms with E-state index in [1.54, 1.807) is 7.05 Å². The fraction of sp³-hybridized carbons (Fsp3) is 0.389. The average molecular weight is 339 g/mol. The smallest absolute Gasteiger partial charge is 0.332 e. The Balaban J connectivity index is 1.85. The monoisotopic (exact) mass is 339 g/mol. The molecule has 1 atom stereocenters. The van der Waals surface area contributed by atoms with Crippen molar-refractivity contribution in [2.24, 2.45) is 14.1 Å². The first kappa shape index (κ1) is 16.8. The summed E-state index contributed by atoms with van der Waals surface area (Å²) in [7, 11) is 2.93. The van der Waals surface area contributed by atoms with E-state index in [0.29, 0.717) is 6.54 Å². The van der Waals surface area contributed by atoms with Gasteiger partial charge in [0.2, 0.25) is 0 Å². The quantitative estimate of drug-likeness (QED) is 0.892. The van der Waals surface area contributed by atoms with Crippen molar-refractivity contribution in [2.45, 2.75) is 19.4 Å². The number of hydrogen-bond donors (Lipinski definition) is 1. The Hall–Kier alpha value is -3.01. The number of fused-ring (bicyclic) bond motifs is 1. The molecule has 0 radical (unpaired) electrons. The maximum atomic E-state index is 12.1. The van der Waals surface area contributed by atoms with E-state index in [-0.39, 0.29) is 17.4 Å². The maximum absolute atomic E-state index is 12.1. The first-order valence-corrected chi connectivity index (χ1v) is 8.24. The summed E-state index contributed by atoms with van der Waals surface area (Å²) < 4.78 is 2.26. The summed E-state index contributed by atoms with van der Waals surface area (Å²) in [6, 6.07) is 10.4. The molecule has 1 aromatic heterocycles. The topological polar surface area (TPSA) is 83.1 Å². The predicted molar refractivity (Wildman–Crippen MR) is 97.1 cm³/mol. The zero-order chi connectivity index (χ0) is 18.1. The van der Waals surface area contributed by atoms with Crippen molar-refractivity contribution in [3.63, 3.8) is 0 Å². The fourth-order valence-corrected chi connectivity index (χ4v) is 3.33. The van der Waals surface area contributed by atoms with Crippen molar-refractivity contribution < 1.29 is 0 Å². The number of para-hydroxylation sites is 1. The fourth-order valence-electron chi connectivity index (χ4n) is 3.33. The summed E-state index contributed by atoms with van der Waals surface area (Å²) in [5.41, 5.74) is 1.47. The van der Waals surface area contributed by atoms with Gasteiger partial charge in [-0.05, 0) is 25.0 Å². The van der Waals surface area contributed by atoms with Crippen LogP contribution in [-0.4, -0.2) is 28.3 Å². The van der Waals surface area contributed by atoms with E-state index in [0.717, 1.165) is 17.5 Å². The largest absolute Gasteiger partial charge is 0.368 e. The van der Waals surface area contributed by atoms with E-state index in [9.17, 15) is 14.9 Å². The minimum Gasteiger partial charge on any atom is -0.368 e. The summed E-state index contributed by atoms with van der Waals surface area (Å²) in [5.74, 6) is 0.273. The second-order valence-electron chi connectivity index (χ2n) is 6.34. The van der Waals surface area contributed by atoms with Crippen molar-refractivity contribution in [2.75, 3.05) is 23.3 Å². The highest BCUT2D eigenvalue weighted by molar-refractivity contribution is 5.59. The van der Waals surface area contributed by atoms with E-state index >= 15 is 0 Å². The first-order valence-electron chi connectivity index (χ1n) is 8.24. The van der Waals surface area contributed by atoms with Crippen molar-refractivity contribution in [1.29, 1.82) is 5.26 Å². The van der Waals surface area contributed by atoms with Crippen LogP contribution in [0.5, 0.6) is 0 Å². The Morgan fingerprint density at radius 1 is 1.24 bits per heavy atom. The van der Waals surface area contributed by atoms with Crippen LogP contribution in [0.1, 0.15) is 18.1 Å². The highest BCUT2D eigenvalue weighted by Crippen LogP contribution is 2.29.